The van der Waals surface area contributed by atoms with Crippen LogP contribution in [0.2, 0.25) is 0 Å². The van der Waals surface area contributed by atoms with Gasteiger partial charge in [0.1, 0.15) is 0 Å². The molecule has 0 amide bonds. The molecule has 0 heterocycles. The Morgan fingerprint density at radius 2 is 1.70 bits per heavy atom. The van der Waals surface area contributed by atoms with Crippen molar-refractivity contribution in [1.82, 2.24) is 5.32 Å². The summed E-state index contributed by atoms with van der Waals surface area (Å²) in [6.07, 6.45) is 10.7. The van der Waals surface area contributed by atoms with Crippen LogP contribution in [0.3, 0.4) is 0 Å². The van der Waals surface area contributed by atoms with Crippen LogP contribution in [0.25, 0.3) is 0 Å². The van der Waals surface area contributed by atoms with Crippen LogP contribution < -0.4 is 5.32 Å². The molecule has 0 spiro atoms. The highest BCUT2D eigenvalue weighted by Crippen LogP contribution is 2.30. The van der Waals surface area contributed by atoms with Crippen LogP contribution >= 0.6 is 0 Å². The number of hydrogen-bond donors (Lipinski definition) is 1. The Morgan fingerprint density at radius 3 is 2.30 bits per heavy atom. The molecule has 0 fully saturated rings. The normalized spacial score (nSPS) is 16.3. The van der Waals surface area contributed by atoms with Gasteiger partial charge in [-0.15, -0.1) is 0 Å². The van der Waals surface area contributed by atoms with Crippen molar-refractivity contribution in [1.29, 1.82) is 0 Å². The van der Waals surface area contributed by atoms with E-state index in [2.05, 4.69) is 43.4 Å². The number of benzene rings is 1. The maximum absolute atomic E-state index is 3.82. The third kappa shape index (κ3) is 4.34. The van der Waals surface area contributed by atoms with Gasteiger partial charge in [-0.3, -0.25) is 0 Å². The fraction of sp³-hybridized carbons (Fsp3) is 0.684. The van der Waals surface area contributed by atoms with E-state index in [-0.39, 0.29) is 0 Å². The highest BCUT2D eigenvalue weighted by molar-refractivity contribution is 5.32. The van der Waals surface area contributed by atoms with Crippen molar-refractivity contribution in [2.45, 2.75) is 71.3 Å². The lowest BCUT2D eigenvalue weighted by molar-refractivity contribution is 0.335. The van der Waals surface area contributed by atoms with Crippen molar-refractivity contribution in [3.63, 3.8) is 0 Å². The molecule has 1 unspecified atom stereocenters. The zero-order valence-electron chi connectivity index (χ0n) is 13.3. The first-order valence-electron chi connectivity index (χ1n) is 8.65. The van der Waals surface area contributed by atoms with Crippen molar-refractivity contribution < 1.29 is 0 Å². The largest absolute Gasteiger partial charge is 0.314 e. The second-order valence-electron chi connectivity index (χ2n) is 6.35. The summed E-state index contributed by atoms with van der Waals surface area (Å²) < 4.78 is 0. The van der Waals surface area contributed by atoms with Gasteiger partial charge in [-0.1, -0.05) is 63.8 Å². The van der Waals surface area contributed by atoms with Gasteiger partial charge in [0.05, 0.1) is 0 Å². The van der Waals surface area contributed by atoms with Gasteiger partial charge in [0.2, 0.25) is 0 Å². The first-order valence-corrected chi connectivity index (χ1v) is 8.65. The SMILES string of the molecule is CCCCCCC(NCCC)C1Cc2ccccc2C1. The summed E-state index contributed by atoms with van der Waals surface area (Å²) in [6, 6.07) is 9.75. The Bertz CT molecular complexity index is 360. The van der Waals surface area contributed by atoms with Crippen molar-refractivity contribution in [3.05, 3.63) is 35.4 Å². The van der Waals surface area contributed by atoms with Crippen molar-refractivity contribution >= 4 is 0 Å². The van der Waals surface area contributed by atoms with E-state index in [9.17, 15) is 0 Å². The molecule has 1 nitrogen and oxygen atoms in total. The summed E-state index contributed by atoms with van der Waals surface area (Å²) in [4.78, 5) is 0. The van der Waals surface area contributed by atoms with E-state index >= 15 is 0 Å². The molecule has 112 valence electrons. The Labute approximate surface area is 125 Å². The minimum absolute atomic E-state index is 0.721. The molecule has 0 aromatic heterocycles. The molecule has 0 saturated heterocycles. The molecule has 0 radical (unpaired) electrons. The summed E-state index contributed by atoms with van der Waals surface area (Å²) in [7, 11) is 0. The topological polar surface area (TPSA) is 12.0 Å². The lowest BCUT2D eigenvalue weighted by Gasteiger charge is -2.25. The molecule has 1 aromatic carbocycles. The van der Waals surface area contributed by atoms with E-state index in [4.69, 9.17) is 0 Å². The Kier molecular flexibility index (Phi) is 6.59. The van der Waals surface area contributed by atoms with Crippen molar-refractivity contribution in [2.24, 2.45) is 5.92 Å². The first-order chi connectivity index (χ1) is 9.85. The molecular formula is C19H31N. The van der Waals surface area contributed by atoms with E-state index in [1.165, 1.54) is 57.9 Å². The summed E-state index contributed by atoms with van der Waals surface area (Å²) in [6.45, 7) is 5.73. The minimum Gasteiger partial charge on any atom is -0.314 e. The quantitative estimate of drug-likeness (QED) is 0.641. The van der Waals surface area contributed by atoms with Crippen LogP contribution in [0.4, 0.5) is 0 Å². The first kappa shape index (κ1) is 15.6. The van der Waals surface area contributed by atoms with E-state index in [1.54, 1.807) is 11.1 Å². The van der Waals surface area contributed by atoms with Gasteiger partial charge >= 0.3 is 0 Å². The number of rotatable bonds is 9. The standard InChI is InChI=1S/C19H31N/c1-3-5-6-7-12-19(20-13-4-2)18-14-16-10-8-9-11-17(16)15-18/h8-11,18-20H,3-7,12-15H2,1-2H3. The maximum atomic E-state index is 3.82. The smallest absolute Gasteiger partial charge is 0.0102 e. The van der Waals surface area contributed by atoms with Crippen molar-refractivity contribution in [3.8, 4) is 0 Å². The average Bonchev–Trinajstić information content (AvgIpc) is 2.90. The Balaban J connectivity index is 1.87. The summed E-state index contributed by atoms with van der Waals surface area (Å²) in [5, 5.41) is 3.82. The molecule has 1 atom stereocenters. The molecule has 0 aliphatic heterocycles. The van der Waals surface area contributed by atoms with E-state index in [0.29, 0.717) is 0 Å². The van der Waals surface area contributed by atoms with Gasteiger partial charge in [-0.25, -0.2) is 0 Å². The van der Waals surface area contributed by atoms with Gasteiger partial charge in [0.15, 0.2) is 0 Å². The fourth-order valence-corrected chi connectivity index (χ4v) is 3.50. The van der Waals surface area contributed by atoms with Gasteiger partial charge in [-0.05, 0) is 49.3 Å². The highest BCUT2D eigenvalue weighted by Gasteiger charge is 2.27. The fourth-order valence-electron chi connectivity index (χ4n) is 3.50. The van der Waals surface area contributed by atoms with Crippen LogP contribution in [0.5, 0.6) is 0 Å². The highest BCUT2D eigenvalue weighted by atomic mass is 14.9. The minimum atomic E-state index is 0.721. The molecular weight excluding hydrogens is 242 g/mol. The van der Waals surface area contributed by atoms with Crippen LogP contribution in [0.15, 0.2) is 24.3 Å². The molecule has 1 aliphatic carbocycles. The third-order valence-electron chi connectivity index (χ3n) is 4.68. The number of fused-ring (bicyclic) bond motifs is 1. The van der Waals surface area contributed by atoms with Crippen molar-refractivity contribution in [2.75, 3.05) is 6.54 Å². The zero-order valence-corrected chi connectivity index (χ0v) is 13.3. The van der Waals surface area contributed by atoms with Crippen LogP contribution in [-0.2, 0) is 12.8 Å². The second kappa shape index (κ2) is 8.46. The molecule has 20 heavy (non-hydrogen) atoms. The number of nitrogens with one attached hydrogen (secondary N) is 1. The monoisotopic (exact) mass is 273 g/mol. The summed E-state index contributed by atoms with van der Waals surface area (Å²) in [5.41, 5.74) is 3.18. The molecule has 1 heteroatoms. The summed E-state index contributed by atoms with van der Waals surface area (Å²) >= 11 is 0. The lowest BCUT2D eigenvalue weighted by atomic mass is 9.91. The third-order valence-corrected chi connectivity index (χ3v) is 4.68. The van der Waals surface area contributed by atoms with E-state index in [1.807, 2.05) is 0 Å². The Morgan fingerprint density at radius 1 is 1.00 bits per heavy atom. The van der Waals surface area contributed by atoms with Gasteiger partial charge < -0.3 is 5.32 Å². The zero-order chi connectivity index (χ0) is 14.2. The predicted molar refractivity (Wildman–Crippen MR) is 88.2 cm³/mol. The predicted octanol–water partition coefficient (Wildman–Crippen LogP) is 4.74. The molecule has 0 saturated carbocycles. The maximum Gasteiger partial charge on any atom is 0.0102 e. The number of unbranched alkanes of at least 4 members (excludes halogenated alkanes) is 3. The lowest BCUT2D eigenvalue weighted by Crippen LogP contribution is -2.37. The van der Waals surface area contributed by atoms with Crippen LogP contribution in [-0.4, -0.2) is 12.6 Å². The molecule has 1 aliphatic rings. The molecule has 1 N–H and O–H groups in total. The molecule has 1 aromatic rings. The Hall–Kier alpha value is -0.820. The average molecular weight is 273 g/mol. The second-order valence-corrected chi connectivity index (χ2v) is 6.35. The number of hydrogen-bond acceptors (Lipinski definition) is 1. The molecule has 2 rings (SSSR count). The van der Waals surface area contributed by atoms with E-state index in [0.717, 1.165) is 12.0 Å². The van der Waals surface area contributed by atoms with Gasteiger partial charge in [0.25, 0.3) is 0 Å². The van der Waals surface area contributed by atoms with Gasteiger partial charge in [0, 0.05) is 6.04 Å². The van der Waals surface area contributed by atoms with E-state index < -0.39 is 0 Å². The molecule has 0 bridgehead atoms. The van der Waals surface area contributed by atoms with Crippen LogP contribution in [0.1, 0.15) is 63.5 Å². The van der Waals surface area contributed by atoms with Crippen LogP contribution in [0, 0.1) is 5.92 Å². The van der Waals surface area contributed by atoms with Gasteiger partial charge in [-0.2, -0.15) is 0 Å². The summed E-state index contributed by atoms with van der Waals surface area (Å²) in [5.74, 6) is 0.820.